The molecule has 1 fully saturated rings. The summed E-state index contributed by atoms with van der Waals surface area (Å²) in [6, 6.07) is 5.42. The van der Waals surface area contributed by atoms with Crippen LogP contribution in [0.25, 0.3) is 0 Å². The van der Waals surface area contributed by atoms with Crippen molar-refractivity contribution in [3.63, 3.8) is 0 Å². The second-order valence-electron chi connectivity index (χ2n) is 6.87. The summed E-state index contributed by atoms with van der Waals surface area (Å²) in [5.74, 6) is 0.0406. The first-order valence-electron chi connectivity index (χ1n) is 8.64. The molecule has 2 nitrogen and oxygen atoms in total. The molecule has 1 aromatic rings. The monoisotopic (exact) mass is 342 g/mol. The van der Waals surface area contributed by atoms with Crippen LogP contribution >= 0.6 is 0 Å². The minimum Gasteiger partial charge on any atom is -0.463 e. The first kappa shape index (κ1) is 18.8. The number of hydrogen-bond donors (Lipinski definition) is 0. The van der Waals surface area contributed by atoms with Gasteiger partial charge in [-0.1, -0.05) is 31.4 Å². The summed E-state index contributed by atoms with van der Waals surface area (Å²) < 4.78 is 43.5. The van der Waals surface area contributed by atoms with E-state index in [4.69, 9.17) is 4.74 Å². The van der Waals surface area contributed by atoms with Gasteiger partial charge in [-0.3, -0.25) is 4.79 Å². The largest absolute Gasteiger partial charge is 0.463 e. The lowest BCUT2D eigenvalue weighted by Gasteiger charge is -2.25. The Morgan fingerprint density at radius 1 is 1.12 bits per heavy atom. The van der Waals surface area contributed by atoms with Gasteiger partial charge in [-0.25, -0.2) is 0 Å². The van der Waals surface area contributed by atoms with Crippen LogP contribution in [0.3, 0.4) is 0 Å². The molecule has 0 radical (unpaired) electrons. The highest BCUT2D eigenvalue weighted by Gasteiger charge is 2.32. The molecule has 2 atom stereocenters. The number of hydrogen-bond acceptors (Lipinski definition) is 2. The van der Waals surface area contributed by atoms with Gasteiger partial charge >= 0.3 is 12.1 Å². The van der Waals surface area contributed by atoms with E-state index in [9.17, 15) is 18.0 Å². The summed E-state index contributed by atoms with van der Waals surface area (Å²) in [5, 5.41) is 0. The lowest BCUT2D eigenvalue weighted by molar-refractivity contribution is -0.148. The summed E-state index contributed by atoms with van der Waals surface area (Å²) in [7, 11) is 0. The lowest BCUT2D eigenvalue weighted by atomic mass is 9.80. The van der Waals surface area contributed by atoms with Crippen molar-refractivity contribution in [2.45, 2.75) is 70.6 Å². The molecule has 0 aromatic heterocycles. The third kappa shape index (κ3) is 5.25. The zero-order valence-corrected chi connectivity index (χ0v) is 14.2. The topological polar surface area (TPSA) is 26.3 Å². The predicted octanol–water partition coefficient (Wildman–Crippen LogP) is 5.71. The second-order valence-corrected chi connectivity index (χ2v) is 6.87. The van der Waals surface area contributed by atoms with Crippen LogP contribution in [0.2, 0.25) is 0 Å². The maximum absolute atomic E-state index is 12.7. The van der Waals surface area contributed by atoms with Crippen LogP contribution in [-0.2, 0) is 15.7 Å². The average Bonchev–Trinajstić information content (AvgIpc) is 2.71. The summed E-state index contributed by atoms with van der Waals surface area (Å²) in [4.78, 5) is 12.0. The van der Waals surface area contributed by atoms with Crippen LogP contribution in [0, 0.1) is 5.92 Å². The Labute approximate surface area is 141 Å². The number of halogens is 3. The molecule has 0 spiro atoms. The molecule has 1 aromatic carbocycles. The fraction of sp³-hybridized carbons (Fsp3) is 0.632. The van der Waals surface area contributed by atoms with E-state index in [1.54, 1.807) is 12.1 Å². The van der Waals surface area contributed by atoms with Crippen molar-refractivity contribution in [2.75, 3.05) is 0 Å². The van der Waals surface area contributed by atoms with E-state index in [0.29, 0.717) is 6.42 Å². The smallest absolute Gasteiger partial charge is 0.416 e. The molecular formula is C19H25F3O2. The molecule has 0 unspecified atom stereocenters. The number of ether oxygens (including phenoxy) is 1. The Balaban J connectivity index is 2.15. The number of alkyl halides is 3. The molecule has 0 aliphatic heterocycles. The van der Waals surface area contributed by atoms with Crippen molar-refractivity contribution in [3.05, 3.63) is 35.4 Å². The Hall–Kier alpha value is -1.52. The maximum atomic E-state index is 12.7. The van der Waals surface area contributed by atoms with Crippen LogP contribution in [0.4, 0.5) is 13.2 Å². The van der Waals surface area contributed by atoms with Crippen molar-refractivity contribution in [3.8, 4) is 0 Å². The van der Waals surface area contributed by atoms with Crippen molar-refractivity contribution in [2.24, 2.45) is 5.92 Å². The van der Waals surface area contributed by atoms with Crippen LogP contribution in [0.15, 0.2) is 24.3 Å². The van der Waals surface area contributed by atoms with E-state index >= 15 is 0 Å². The normalized spacial score (nSPS) is 22.2. The van der Waals surface area contributed by atoms with Gasteiger partial charge in [-0.05, 0) is 56.2 Å². The summed E-state index contributed by atoms with van der Waals surface area (Å²) >= 11 is 0. The first-order valence-corrected chi connectivity index (χ1v) is 8.64. The molecule has 2 rings (SSSR count). The van der Waals surface area contributed by atoms with Gasteiger partial charge in [0.25, 0.3) is 0 Å². The van der Waals surface area contributed by atoms with E-state index in [1.165, 1.54) is 0 Å². The average molecular weight is 342 g/mol. The molecule has 0 bridgehead atoms. The minimum atomic E-state index is -4.32. The van der Waals surface area contributed by atoms with Gasteiger partial charge in [0.05, 0.1) is 11.7 Å². The van der Waals surface area contributed by atoms with E-state index in [0.717, 1.165) is 49.8 Å². The fourth-order valence-electron chi connectivity index (χ4n) is 3.51. The number of carbonyl (C=O) groups is 1. The summed E-state index contributed by atoms with van der Waals surface area (Å²) in [5.41, 5.74) is 0.267. The van der Waals surface area contributed by atoms with E-state index in [2.05, 4.69) is 0 Å². The third-order valence-corrected chi connectivity index (χ3v) is 4.62. The number of rotatable bonds is 4. The standard InChI is InChI=1S/C19H25F3O2/c1-13(2)24-18(23)12-15-6-4-3-5-7-17(15)14-8-10-16(11-9-14)19(20,21)22/h8-11,13,15,17H,3-7,12H2,1-2H3/t15-,17-/m1/s1. The predicted molar refractivity (Wildman–Crippen MR) is 86.6 cm³/mol. The molecule has 1 aliphatic carbocycles. The van der Waals surface area contributed by atoms with Crippen molar-refractivity contribution < 1.29 is 22.7 Å². The highest BCUT2D eigenvalue weighted by Crippen LogP contribution is 2.39. The summed E-state index contributed by atoms with van der Waals surface area (Å²) in [6.07, 6.45) is 0.897. The highest BCUT2D eigenvalue weighted by atomic mass is 19.4. The van der Waals surface area contributed by atoms with Gasteiger partial charge in [0.1, 0.15) is 0 Å². The molecule has 1 saturated carbocycles. The molecule has 134 valence electrons. The minimum absolute atomic E-state index is 0.120. The molecule has 0 N–H and O–H groups in total. The van der Waals surface area contributed by atoms with Gasteiger partial charge < -0.3 is 4.74 Å². The van der Waals surface area contributed by atoms with Gasteiger partial charge in [0.15, 0.2) is 0 Å². The van der Waals surface area contributed by atoms with E-state index < -0.39 is 11.7 Å². The maximum Gasteiger partial charge on any atom is 0.416 e. The zero-order valence-electron chi connectivity index (χ0n) is 14.2. The Morgan fingerprint density at radius 3 is 2.33 bits per heavy atom. The van der Waals surface area contributed by atoms with Crippen LogP contribution in [-0.4, -0.2) is 12.1 Å². The molecule has 0 saturated heterocycles. The van der Waals surface area contributed by atoms with E-state index in [1.807, 2.05) is 13.8 Å². The molecule has 0 amide bonds. The lowest BCUT2D eigenvalue weighted by Crippen LogP contribution is -2.20. The molecular weight excluding hydrogens is 317 g/mol. The van der Waals surface area contributed by atoms with Crippen LogP contribution in [0.1, 0.15) is 69.4 Å². The number of benzene rings is 1. The molecule has 24 heavy (non-hydrogen) atoms. The van der Waals surface area contributed by atoms with Gasteiger partial charge in [-0.15, -0.1) is 0 Å². The van der Waals surface area contributed by atoms with Crippen LogP contribution < -0.4 is 0 Å². The van der Waals surface area contributed by atoms with Crippen molar-refractivity contribution in [1.29, 1.82) is 0 Å². The van der Waals surface area contributed by atoms with Crippen molar-refractivity contribution >= 4 is 5.97 Å². The molecule has 1 aliphatic rings. The Morgan fingerprint density at radius 2 is 1.75 bits per heavy atom. The zero-order chi connectivity index (χ0) is 17.7. The van der Waals surface area contributed by atoms with Crippen molar-refractivity contribution in [1.82, 2.24) is 0 Å². The quantitative estimate of drug-likeness (QED) is 0.517. The Kier molecular flexibility index (Phi) is 6.30. The van der Waals surface area contributed by atoms with Crippen LogP contribution in [0.5, 0.6) is 0 Å². The van der Waals surface area contributed by atoms with Gasteiger partial charge in [0.2, 0.25) is 0 Å². The van der Waals surface area contributed by atoms with Gasteiger partial charge in [-0.2, -0.15) is 13.2 Å². The number of carbonyl (C=O) groups excluding carboxylic acids is 1. The first-order chi connectivity index (χ1) is 11.3. The third-order valence-electron chi connectivity index (χ3n) is 4.62. The highest BCUT2D eigenvalue weighted by molar-refractivity contribution is 5.70. The summed E-state index contributed by atoms with van der Waals surface area (Å²) in [6.45, 7) is 3.64. The second kappa shape index (κ2) is 8.04. The number of esters is 1. The molecule has 0 heterocycles. The van der Waals surface area contributed by atoms with E-state index in [-0.39, 0.29) is 23.9 Å². The SMILES string of the molecule is CC(C)OC(=O)C[C@H]1CCCCC[C@@H]1c1ccc(C(F)(F)F)cc1. The van der Waals surface area contributed by atoms with Gasteiger partial charge in [0, 0.05) is 6.42 Å². The molecule has 5 heteroatoms. The fourth-order valence-corrected chi connectivity index (χ4v) is 3.51. The Bertz CT molecular complexity index is 535.